The highest BCUT2D eigenvalue weighted by atomic mass is 35.5. The number of nitrogens with zero attached hydrogens (tertiary/aromatic N) is 2. The van der Waals surface area contributed by atoms with Crippen molar-refractivity contribution in [2.24, 2.45) is 17.6 Å². The number of aromatic nitrogens is 2. The van der Waals surface area contributed by atoms with E-state index in [2.05, 4.69) is 27.9 Å². The molecule has 0 radical (unpaired) electrons. The summed E-state index contributed by atoms with van der Waals surface area (Å²) in [5.74, 6) is 0.366. The Kier molecular flexibility index (Phi) is 6.12. The van der Waals surface area contributed by atoms with E-state index in [-0.39, 0.29) is 18.0 Å². The summed E-state index contributed by atoms with van der Waals surface area (Å²) in [6, 6.07) is 8.02. The Balaban J connectivity index is 0.00000225. The van der Waals surface area contributed by atoms with E-state index in [1.165, 1.54) is 6.42 Å². The predicted molar refractivity (Wildman–Crippen MR) is 110 cm³/mol. The Bertz CT molecular complexity index is 796. The molecule has 1 saturated heterocycles. The third kappa shape index (κ3) is 3.34. The molecule has 6 nitrogen and oxygen atoms in total. The molecule has 4 rings (SSSR count). The number of fused-ring (bicyclic) bond motifs is 2. The van der Waals surface area contributed by atoms with Crippen molar-refractivity contribution in [2.75, 3.05) is 20.2 Å². The van der Waals surface area contributed by atoms with Crippen LogP contribution >= 0.6 is 12.4 Å². The van der Waals surface area contributed by atoms with Gasteiger partial charge in [0, 0.05) is 49.8 Å². The minimum absolute atomic E-state index is 0. The van der Waals surface area contributed by atoms with Gasteiger partial charge in [-0.15, -0.1) is 12.4 Å². The van der Waals surface area contributed by atoms with E-state index in [9.17, 15) is 4.79 Å². The first-order valence-corrected chi connectivity index (χ1v) is 9.74. The van der Waals surface area contributed by atoms with Crippen LogP contribution in [0.15, 0.2) is 36.8 Å². The van der Waals surface area contributed by atoms with Gasteiger partial charge in [-0.3, -0.25) is 9.69 Å². The zero-order valence-corrected chi connectivity index (χ0v) is 17.2. The molecule has 2 aromatic rings. The van der Waals surface area contributed by atoms with Crippen molar-refractivity contribution < 1.29 is 9.53 Å². The average Bonchev–Trinajstić information content (AvgIpc) is 3.21. The second-order valence-electron chi connectivity index (χ2n) is 7.90. The van der Waals surface area contributed by atoms with Crippen molar-refractivity contribution in [1.82, 2.24) is 14.9 Å². The van der Waals surface area contributed by atoms with Gasteiger partial charge < -0.3 is 15.5 Å². The SMILES string of the molecule is COC1(c2cccc(C(N)=O)c2)[C@@H]2CCC[C@H]1CN([C@@H](C)c1cnc[nH]1)C2.Cl. The standard InChI is InChI=1S/C21H28N4O2.ClH/c1-14(19-10-23-13-24-19)25-11-17-7-4-8-18(12-25)21(17,27-2)16-6-3-5-15(9-16)20(22)26;/h3,5-6,9-10,13-14,17-18H,4,7-8,11-12H2,1-2H3,(H2,22,26)(H,23,24);1H/t14-,17-,18+,21?;/m0./s1. The third-order valence-electron chi connectivity index (χ3n) is 6.68. The molecule has 2 heterocycles. The normalized spacial score (nSPS) is 28.4. The van der Waals surface area contributed by atoms with Gasteiger partial charge in [0.15, 0.2) is 0 Å². The van der Waals surface area contributed by atoms with Crippen molar-refractivity contribution in [2.45, 2.75) is 37.8 Å². The summed E-state index contributed by atoms with van der Waals surface area (Å²) in [4.78, 5) is 21.7. The lowest BCUT2D eigenvalue weighted by atomic mass is 9.62. The molecule has 2 bridgehead atoms. The maximum absolute atomic E-state index is 11.7. The summed E-state index contributed by atoms with van der Waals surface area (Å²) in [5, 5.41) is 0. The molecule has 4 atom stereocenters. The largest absolute Gasteiger partial charge is 0.373 e. The van der Waals surface area contributed by atoms with Crippen molar-refractivity contribution in [1.29, 1.82) is 0 Å². The van der Waals surface area contributed by atoms with Crippen LogP contribution in [0.5, 0.6) is 0 Å². The Morgan fingerprint density at radius 3 is 2.64 bits per heavy atom. The van der Waals surface area contributed by atoms with Crippen LogP contribution in [0.1, 0.15) is 53.8 Å². The van der Waals surface area contributed by atoms with E-state index in [0.29, 0.717) is 23.4 Å². The van der Waals surface area contributed by atoms with Crippen LogP contribution in [-0.4, -0.2) is 41.0 Å². The topological polar surface area (TPSA) is 84.2 Å². The van der Waals surface area contributed by atoms with E-state index in [0.717, 1.165) is 37.2 Å². The first kappa shape index (κ1) is 20.8. The van der Waals surface area contributed by atoms with Crippen LogP contribution in [-0.2, 0) is 10.3 Å². The number of piperidine rings is 1. The number of aromatic amines is 1. The molecule has 3 N–H and O–H groups in total. The number of likely N-dealkylation sites (tertiary alicyclic amines) is 1. The van der Waals surface area contributed by atoms with E-state index in [1.807, 2.05) is 25.4 Å². The summed E-state index contributed by atoms with van der Waals surface area (Å²) >= 11 is 0. The Hall–Kier alpha value is -1.89. The number of benzene rings is 1. The van der Waals surface area contributed by atoms with E-state index < -0.39 is 5.91 Å². The predicted octanol–water partition coefficient (Wildman–Crippen LogP) is 3.27. The molecule has 1 amide bonds. The van der Waals surface area contributed by atoms with Gasteiger partial charge in [0.2, 0.25) is 5.91 Å². The van der Waals surface area contributed by atoms with Gasteiger partial charge in [0.25, 0.3) is 0 Å². The highest BCUT2D eigenvalue weighted by Crippen LogP contribution is 2.52. The second-order valence-corrected chi connectivity index (χ2v) is 7.90. The maximum atomic E-state index is 11.7. The molecule has 28 heavy (non-hydrogen) atoms. The lowest BCUT2D eigenvalue weighted by molar-refractivity contribution is -0.174. The summed E-state index contributed by atoms with van der Waals surface area (Å²) in [6.07, 6.45) is 7.12. The number of primary amides is 1. The first-order valence-electron chi connectivity index (χ1n) is 9.74. The maximum Gasteiger partial charge on any atom is 0.248 e. The monoisotopic (exact) mass is 404 g/mol. The number of rotatable bonds is 5. The van der Waals surface area contributed by atoms with E-state index in [1.54, 1.807) is 12.4 Å². The minimum atomic E-state index is -0.390. The smallest absolute Gasteiger partial charge is 0.248 e. The van der Waals surface area contributed by atoms with Crippen LogP contribution in [0, 0.1) is 11.8 Å². The fourth-order valence-corrected chi connectivity index (χ4v) is 5.31. The number of carbonyl (C=O) groups excluding carboxylic acids is 1. The number of carbonyl (C=O) groups is 1. The molecular weight excluding hydrogens is 376 g/mol. The summed E-state index contributed by atoms with van der Waals surface area (Å²) in [6.45, 7) is 4.16. The van der Waals surface area contributed by atoms with Gasteiger partial charge in [-0.2, -0.15) is 0 Å². The Morgan fingerprint density at radius 2 is 2.07 bits per heavy atom. The van der Waals surface area contributed by atoms with Crippen LogP contribution in [0.3, 0.4) is 0 Å². The molecule has 7 heteroatoms. The minimum Gasteiger partial charge on any atom is -0.373 e. The fraction of sp³-hybridized carbons (Fsp3) is 0.524. The number of H-pyrrole nitrogens is 1. The number of hydrogen-bond donors (Lipinski definition) is 2. The highest BCUT2D eigenvalue weighted by molar-refractivity contribution is 5.92. The zero-order valence-electron chi connectivity index (χ0n) is 16.4. The van der Waals surface area contributed by atoms with Crippen molar-refractivity contribution >= 4 is 18.3 Å². The van der Waals surface area contributed by atoms with E-state index in [4.69, 9.17) is 10.5 Å². The van der Waals surface area contributed by atoms with Gasteiger partial charge in [0.05, 0.1) is 12.0 Å². The van der Waals surface area contributed by atoms with E-state index >= 15 is 0 Å². The molecule has 1 saturated carbocycles. The van der Waals surface area contributed by atoms with Crippen LogP contribution in [0.2, 0.25) is 0 Å². The molecule has 1 aromatic heterocycles. The number of nitrogens with two attached hydrogens (primary N) is 1. The number of hydrogen-bond acceptors (Lipinski definition) is 4. The second kappa shape index (κ2) is 8.23. The molecule has 2 fully saturated rings. The number of imidazole rings is 1. The lowest BCUT2D eigenvalue weighted by Crippen LogP contribution is -2.59. The number of ether oxygens (including phenoxy) is 1. The molecule has 1 aliphatic carbocycles. The summed E-state index contributed by atoms with van der Waals surface area (Å²) in [5.41, 5.74) is 7.96. The quantitative estimate of drug-likeness (QED) is 0.800. The third-order valence-corrected chi connectivity index (χ3v) is 6.68. The van der Waals surface area contributed by atoms with Gasteiger partial charge in [-0.25, -0.2) is 4.98 Å². The van der Waals surface area contributed by atoms with Gasteiger partial charge in [0.1, 0.15) is 5.60 Å². The summed E-state index contributed by atoms with van der Waals surface area (Å²) < 4.78 is 6.29. The van der Waals surface area contributed by atoms with Crippen molar-refractivity contribution in [3.8, 4) is 0 Å². The zero-order chi connectivity index (χ0) is 19.0. The van der Waals surface area contributed by atoms with Crippen LogP contribution in [0.4, 0.5) is 0 Å². The molecule has 1 aliphatic heterocycles. The lowest BCUT2D eigenvalue weighted by Gasteiger charge is -2.56. The average molecular weight is 405 g/mol. The molecule has 152 valence electrons. The van der Waals surface area contributed by atoms with Gasteiger partial charge >= 0.3 is 0 Å². The first-order chi connectivity index (χ1) is 13.1. The molecule has 1 aromatic carbocycles. The van der Waals surface area contributed by atoms with Gasteiger partial charge in [-0.1, -0.05) is 18.6 Å². The molecule has 1 unspecified atom stereocenters. The fourth-order valence-electron chi connectivity index (χ4n) is 5.31. The van der Waals surface area contributed by atoms with Crippen molar-refractivity contribution in [3.05, 3.63) is 53.6 Å². The highest BCUT2D eigenvalue weighted by Gasteiger charge is 2.53. The molecular formula is C21H29ClN4O2. The number of amides is 1. The number of methoxy groups -OCH3 is 1. The van der Waals surface area contributed by atoms with Crippen molar-refractivity contribution in [3.63, 3.8) is 0 Å². The number of halogens is 1. The van der Waals surface area contributed by atoms with Crippen LogP contribution in [0.25, 0.3) is 0 Å². The van der Waals surface area contributed by atoms with Crippen LogP contribution < -0.4 is 5.73 Å². The Labute approximate surface area is 172 Å². The number of nitrogens with one attached hydrogen (secondary N) is 1. The van der Waals surface area contributed by atoms with Gasteiger partial charge in [-0.05, 0) is 37.5 Å². The molecule has 0 spiro atoms. The Morgan fingerprint density at radius 1 is 1.36 bits per heavy atom. The molecule has 2 aliphatic rings. The summed E-state index contributed by atoms with van der Waals surface area (Å²) in [7, 11) is 1.82.